The van der Waals surface area contributed by atoms with E-state index in [0.717, 1.165) is 5.56 Å². The Morgan fingerprint density at radius 1 is 0.980 bits per heavy atom. The Balaban J connectivity index is 1.26. The summed E-state index contributed by atoms with van der Waals surface area (Å²) in [5.41, 5.74) is 2.16. The van der Waals surface area contributed by atoms with E-state index in [1.165, 1.54) is 14.2 Å². The maximum absolute atomic E-state index is 12.5. The number of rotatable bonds is 9. The Labute approximate surface area is 286 Å². The van der Waals surface area contributed by atoms with E-state index >= 15 is 0 Å². The van der Waals surface area contributed by atoms with Crippen molar-refractivity contribution in [2.75, 3.05) is 47.4 Å². The molecule has 2 aromatic carbocycles. The van der Waals surface area contributed by atoms with E-state index in [9.17, 15) is 20.1 Å². The second kappa shape index (κ2) is 14.0. The summed E-state index contributed by atoms with van der Waals surface area (Å²) >= 11 is 0. The Morgan fingerprint density at radius 2 is 1.68 bits per heavy atom. The summed E-state index contributed by atoms with van der Waals surface area (Å²) in [6.45, 7) is 5.26. The number of ether oxygens (including phenoxy) is 11. The van der Waals surface area contributed by atoms with E-state index in [1.807, 2.05) is 12.1 Å². The molecule has 3 saturated heterocycles. The summed E-state index contributed by atoms with van der Waals surface area (Å²) in [7, 11) is 2.81. The van der Waals surface area contributed by atoms with Crippen molar-refractivity contribution in [3.05, 3.63) is 53.3 Å². The topological polar surface area (TPSA) is 200 Å². The standard InChI is InChI=1S/C34H40O16/c1-14-26-20(11-42-14)30(49-33-29(38)28(37)32-25(48-33)12-43-15(2)47-32)19-8-22-21(45-13-46-22)7-18(19)27(26)16-5-23(40-3)31(24(6-16)41-4)50-34(39)44-10-17(36)9-35/h5-8,15,17,20,25-30,32-33,35-38H,1,9-13H2,2-4H3/t15?,17?,20?,25?,26?,27-,28?,29?,30?,32?,33?/m1/s1. The molecule has 0 saturated carbocycles. The largest absolute Gasteiger partial charge is 0.514 e. The lowest BCUT2D eigenvalue weighted by Crippen LogP contribution is -2.63. The van der Waals surface area contributed by atoms with Gasteiger partial charge in [-0.1, -0.05) is 6.58 Å². The molecule has 1 aliphatic carbocycles. The first-order valence-corrected chi connectivity index (χ1v) is 16.2. The molecule has 272 valence electrons. The van der Waals surface area contributed by atoms with Gasteiger partial charge in [0.1, 0.15) is 37.1 Å². The molecule has 0 aromatic heterocycles. The van der Waals surface area contributed by atoms with Gasteiger partial charge in [-0.05, 0) is 47.9 Å². The van der Waals surface area contributed by atoms with Crippen molar-refractivity contribution in [2.24, 2.45) is 11.8 Å². The molecule has 0 bridgehead atoms. The zero-order chi connectivity index (χ0) is 35.3. The molecule has 4 aliphatic heterocycles. The number of allylic oxidation sites excluding steroid dienone is 1. The molecule has 7 rings (SSSR count). The lowest BCUT2D eigenvalue weighted by molar-refractivity contribution is -0.364. The van der Waals surface area contributed by atoms with Gasteiger partial charge < -0.3 is 72.5 Å². The van der Waals surface area contributed by atoms with E-state index in [0.29, 0.717) is 28.4 Å². The summed E-state index contributed by atoms with van der Waals surface area (Å²) in [6, 6.07) is 7.09. The summed E-state index contributed by atoms with van der Waals surface area (Å²) in [4.78, 5) is 12.5. The predicted molar refractivity (Wildman–Crippen MR) is 166 cm³/mol. The fourth-order valence-corrected chi connectivity index (χ4v) is 7.29. The van der Waals surface area contributed by atoms with Gasteiger partial charge in [-0.25, -0.2) is 4.79 Å². The predicted octanol–water partition coefficient (Wildman–Crippen LogP) is 1.49. The highest BCUT2D eigenvalue weighted by molar-refractivity contribution is 5.69. The number of carbonyl (C=O) groups excluding carboxylic acids is 1. The van der Waals surface area contributed by atoms with Gasteiger partial charge in [0, 0.05) is 17.8 Å². The first kappa shape index (κ1) is 34.6. The van der Waals surface area contributed by atoms with Crippen LogP contribution in [0.15, 0.2) is 36.6 Å². The van der Waals surface area contributed by atoms with Crippen LogP contribution in [0.5, 0.6) is 28.7 Å². The van der Waals surface area contributed by atoms with Gasteiger partial charge in [-0.15, -0.1) is 0 Å². The molecule has 10 unspecified atom stereocenters. The third kappa shape index (κ3) is 6.19. The van der Waals surface area contributed by atoms with Crippen molar-refractivity contribution < 1.29 is 77.3 Å². The van der Waals surface area contributed by atoms with E-state index in [4.69, 9.17) is 57.2 Å². The van der Waals surface area contributed by atoms with Crippen LogP contribution in [0, 0.1) is 11.8 Å². The molecule has 0 amide bonds. The highest BCUT2D eigenvalue weighted by Crippen LogP contribution is 2.59. The molecule has 5 aliphatic rings. The van der Waals surface area contributed by atoms with Crippen molar-refractivity contribution in [1.29, 1.82) is 0 Å². The van der Waals surface area contributed by atoms with Crippen LogP contribution in [0.4, 0.5) is 4.79 Å². The number of hydrogen-bond acceptors (Lipinski definition) is 16. The quantitative estimate of drug-likeness (QED) is 0.216. The fraction of sp³-hybridized carbons (Fsp3) is 0.559. The molecule has 4 heterocycles. The third-order valence-corrected chi connectivity index (χ3v) is 9.66. The smallest absolute Gasteiger partial charge is 0.498 e. The number of methoxy groups -OCH3 is 2. The van der Waals surface area contributed by atoms with Gasteiger partial charge in [0.25, 0.3) is 0 Å². The Bertz CT molecular complexity index is 1570. The Morgan fingerprint density at radius 3 is 2.36 bits per heavy atom. The first-order chi connectivity index (χ1) is 24.1. The minimum atomic E-state index is -1.43. The Kier molecular flexibility index (Phi) is 9.71. The van der Waals surface area contributed by atoms with Crippen molar-refractivity contribution >= 4 is 6.16 Å². The maximum atomic E-state index is 12.5. The van der Waals surface area contributed by atoms with Crippen molar-refractivity contribution in [3.8, 4) is 28.7 Å². The van der Waals surface area contributed by atoms with Gasteiger partial charge in [0.05, 0.1) is 45.9 Å². The minimum absolute atomic E-state index is 0.0222. The maximum Gasteiger partial charge on any atom is 0.514 e. The van der Waals surface area contributed by atoms with Crippen molar-refractivity contribution in [2.45, 2.75) is 62.0 Å². The number of hydrogen-bond donors (Lipinski definition) is 4. The fourth-order valence-electron chi connectivity index (χ4n) is 7.29. The van der Waals surface area contributed by atoms with Crippen LogP contribution in [0.3, 0.4) is 0 Å². The highest BCUT2D eigenvalue weighted by atomic mass is 16.8. The van der Waals surface area contributed by atoms with E-state index < -0.39 is 74.5 Å². The van der Waals surface area contributed by atoms with E-state index in [2.05, 4.69) is 6.58 Å². The lowest BCUT2D eigenvalue weighted by Gasteiger charge is -2.48. The Hall–Kier alpha value is -3.87. The van der Waals surface area contributed by atoms with Crippen LogP contribution in [-0.4, -0.2) is 117 Å². The van der Waals surface area contributed by atoms with Crippen molar-refractivity contribution in [1.82, 2.24) is 0 Å². The average molecular weight is 705 g/mol. The zero-order valence-electron chi connectivity index (χ0n) is 27.6. The minimum Gasteiger partial charge on any atom is -0.498 e. The molecule has 2 aromatic rings. The second-order valence-electron chi connectivity index (χ2n) is 12.6. The van der Waals surface area contributed by atoms with Crippen LogP contribution in [0.1, 0.15) is 35.6 Å². The molecule has 4 N–H and O–H groups in total. The van der Waals surface area contributed by atoms with E-state index in [-0.39, 0.29) is 49.1 Å². The molecule has 11 atom stereocenters. The summed E-state index contributed by atoms with van der Waals surface area (Å²) in [6.07, 6.45) is -9.12. The van der Waals surface area contributed by atoms with Crippen LogP contribution >= 0.6 is 0 Å². The van der Waals surface area contributed by atoms with Crippen LogP contribution in [0.2, 0.25) is 0 Å². The number of aliphatic hydroxyl groups is 4. The molecule has 16 heteroatoms. The average Bonchev–Trinajstić information content (AvgIpc) is 3.74. The first-order valence-electron chi connectivity index (χ1n) is 16.2. The monoisotopic (exact) mass is 704 g/mol. The summed E-state index contributed by atoms with van der Waals surface area (Å²) in [5.74, 6) is 0.554. The van der Waals surface area contributed by atoms with Gasteiger partial charge in [-0.3, -0.25) is 0 Å². The van der Waals surface area contributed by atoms with Gasteiger partial charge in [0.15, 0.2) is 35.6 Å². The molecular formula is C34H40O16. The molecule has 0 spiro atoms. The molecule has 3 fully saturated rings. The lowest BCUT2D eigenvalue weighted by atomic mass is 9.65. The second-order valence-corrected chi connectivity index (χ2v) is 12.6. The number of fused-ring (bicyclic) bond motifs is 4. The zero-order valence-corrected chi connectivity index (χ0v) is 27.6. The normalized spacial score (nSPS) is 33.0. The van der Waals surface area contributed by atoms with Crippen molar-refractivity contribution in [3.63, 3.8) is 0 Å². The van der Waals surface area contributed by atoms with Gasteiger partial charge in [-0.2, -0.15) is 0 Å². The molecular weight excluding hydrogens is 664 g/mol. The van der Waals surface area contributed by atoms with Gasteiger partial charge in [0.2, 0.25) is 12.5 Å². The van der Waals surface area contributed by atoms with Crippen LogP contribution in [0.25, 0.3) is 0 Å². The SMILES string of the molecule is C=C1OCC2C(OC3OC4COC(C)OC4C(O)C3O)c3cc4c(cc3[C@@H](c3cc(OC)c(OC(=O)OCC(O)CO)c(OC)c3)C12)OCO4. The van der Waals surface area contributed by atoms with E-state index in [1.54, 1.807) is 19.1 Å². The number of benzene rings is 2. The number of carbonyl (C=O) groups is 1. The number of aliphatic hydroxyl groups excluding tert-OH is 4. The summed E-state index contributed by atoms with van der Waals surface area (Å²) < 4.78 is 63.3. The van der Waals surface area contributed by atoms with Gasteiger partial charge >= 0.3 is 6.16 Å². The molecule has 16 nitrogen and oxygen atoms in total. The summed E-state index contributed by atoms with van der Waals surface area (Å²) in [5, 5.41) is 40.8. The third-order valence-electron chi connectivity index (χ3n) is 9.66. The molecule has 50 heavy (non-hydrogen) atoms. The van der Waals surface area contributed by atoms with Crippen LogP contribution < -0.4 is 23.7 Å². The molecule has 0 radical (unpaired) electrons. The van der Waals surface area contributed by atoms with Crippen LogP contribution in [-0.2, 0) is 28.4 Å². The highest BCUT2D eigenvalue weighted by Gasteiger charge is 2.54.